The van der Waals surface area contributed by atoms with E-state index in [9.17, 15) is 4.79 Å². The maximum atomic E-state index is 12.1. The molecular formula is C19H17N5O. The fourth-order valence-corrected chi connectivity index (χ4v) is 2.94. The SMILES string of the molecule is O=C(Nc1ccc(N2CCc3ccccc3C2)nn1)c1cccnc1. The third-order valence-electron chi connectivity index (χ3n) is 4.27. The Labute approximate surface area is 145 Å². The Morgan fingerprint density at radius 2 is 1.88 bits per heavy atom. The Morgan fingerprint density at radius 1 is 1.00 bits per heavy atom. The molecule has 6 nitrogen and oxygen atoms in total. The normalized spacial score (nSPS) is 13.2. The van der Waals surface area contributed by atoms with Gasteiger partial charge in [-0.3, -0.25) is 9.78 Å². The summed E-state index contributed by atoms with van der Waals surface area (Å²) >= 11 is 0. The summed E-state index contributed by atoms with van der Waals surface area (Å²) in [6.07, 6.45) is 4.14. The van der Waals surface area contributed by atoms with Crippen molar-refractivity contribution >= 4 is 17.5 Å². The zero-order chi connectivity index (χ0) is 17.1. The predicted octanol–water partition coefficient (Wildman–Crippen LogP) is 2.69. The number of nitrogens with zero attached hydrogens (tertiary/aromatic N) is 4. The number of anilines is 2. The lowest BCUT2D eigenvalue weighted by Crippen LogP contribution is -2.31. The number of rotatable bonds is 3. The van der Waals surface area contributed by atoms with E-state index in [0.717, 1.165) is 25.3 Å². The van der Waals surface area contributed by atoms with Crippen LogP contribution in [0.25, 0.3) is 0 Å². The summed E-state index contributed by atoms with van der Waals surface area (Å²) in [5, 5.41) is 11.1. The quantitative estimate of drug-likeness (QED) is 0.799. The molecule has 0 aliphatic carbocycles. The minimum atomic E-state index is -0.248. The fourth-order valence-electron chi connectivity index (χ4n) is 2.94. The second-order valence-corrected chi connectivity index (χ2v) is 5.91. The molecule has 0 saturated carbocycles. The van der Waals surface area contributed by atoms with E-state index in [1.54, 1.807) is 24.4 Å². The Balaban J connectivity index is 1.45. The molecule has 1 aliphatic heterocycles. The molecule has 0 radical (unpaired) electrons. The number of carbonyl (C=O) groups excluding carboxylic acids is 1. The highest BCUT2D eigenvalue weighted by molar-refractivity contribution is 6.03. The molecule has 3 aromatic rings. The highest BCUT2D eigenvalue weighted by atomic mass is 16.1. The van der Waals surface area contributed by atoms with E-state index in [-0.39, 0.29) is 5.91 Å². The van der Waals surface area contributed by atoms with E-state index in [1.165, 1.54) is 17.3 Å². The molecule has 0 saturated heterocycles. The van der Waals surface area contributed by atoms with Crippen LogP contribution in [-0.4, -0.2) is 27.6 Å². The van der Waals surface area contributed by atoms with Crippen molar-refractivity contribution in [3.63, 3.8) is 0 Å². The first kappa shape index (κ1) is 15.3. The van der Waals surface area contributed by atoms with Gasteiger partial charge in [-0.05, 0) is 41.8 Å². The van der Waals surface area contributed by atoms with Crippen molar-refractivity contribution in [2.24, 2.45) is 0 Å². The van der Waals surface area contributed by atoms with Gasteiger partial charge >= 0.3 is 0 Å². The summed E-state index contributed by atoms with van der Waals surface area (Å²) in [7, 11) is 0. The molecule has 0 atom stereocenters. The topological polar surface area (TPSA) is 71.0 Å². The van der Waals surface area contributed by atoms with Gasteiger partial charge in [-0.15, -0.1) is 10.2 Å². The molecule has 0 unspecified atom stereocenters. The Bertz CT molecular complexity index is 880. The van der Waals surface area contributed by atoms with Crippen LogP contribution in [0.3, 0.4) is 0 Å². The van der Waals surface area contributed by atoms with Crippen molar-refractivity contribution in [3.8, 4) is 0 Å². The largest absolute Gasteiger partial charge is 0.350 e. The van der Waals surface area contributed by atoms with Gasteiger partial charge in [0.25, 0.3) is 5.91 Å². The van der Waals surface area contributed by atoms with Crippen molar-refractivity contribution in [1.29, 1.82) is 0 Å². The molecule has 1 aliphatic rings. The van der Waals surface area contributed by atoms with E-state index in [0.29, 0.717) is 11.4 Å². The van der Waals surface area contributed by atoms with Crippen LogP contribution in [0, 0.1) is 0 Å². The van der Waals surface area contributed by atoms with Gasteiger partial charge in [0.1, 0.15) is 0 Å². The average molecular weight is 331 g/mol. The summed E-state index contributed by atoms with van der Waals surface area (Å²) in [6, 6.07) is 15.6. The van der Waals surface area contributed by atoms with Crippen LogP contribution in [0.2, 0.25) is 0 Å². The molecule has 1 amide bonds. The fraction of sp³-hybridized carbons (Fsp3) is 0.158. The highest BCUT2D eigenvalue weighted by Crippen LogP contribution is 2.23. The van der Waals surface area contributed by atoms with E-state index < -0.39 is 0 Å². The summed E-state index contributed by atoms with van der Waals surface area (Å²) < 4.78 is 0. The number of carbonyl (C=O) groups is 1. The van der Waals surface area contributed by atoms with Gasteiger partial charge in [-0.1, -0.05) is 24.3 Å². The molecule has 1 aromatic carbocycles. The first-order valence-corrected chi connectivity index (χ1v) is 8.16. The summed E-state index contributed by atoms with van der Waals surface area (Å²) in [6.45, 7) is 1.74. The number of pyridine rings is 1. The van der Waals surface area contributed by atoms with Crippen LogP contribution in [0.15, 0.2) is 60.9 Å². The van der Waals surface area contributed by atoms with Gasteiger partial charge in [0.15, 0.2) is 11.6 Å². The van der Waals surface area contributed by atoms with E-state index >= 15 is 0 Å². The lowest BCUT2D eigenvalue weighted by atomic mass is 10.00. The van der Waals surface area contributed by atoms with Gasteiger partial charge in [-0.25, -0.2) is 0 Å². The van der Waals surface area contributed by atoms with Crippen LogP contribution in [0.1, 0.15) is 21.5 Å². The molecular weight excluding hydrogens is 314 g/mol. The maximum absolute atomic E-state index is 12.1. The second kappa shape index (κ2) is 6.68. The van der Waals surface area contributed by atoms with Gasteiger partial charge in [0.05, 0.1) is 5.56 Å². The maximum Gasteiger partial charge on any atom is 0.258 e. The van der Waals surface area contributed by atoms with Gasteiger partial charge in [-0.2, -0.15) is 0 Å². The molecule has 4 rings (SSSR count). The molecule has 3 heterocycles. The molecule has 124 valence electrons. The number of hydrogen-bond donors (Lipinski definition) is 1. The Kier molecular flexibility index (Phi) is 4.08. The highest BCUT2D eigenvalue weighted by Gasteiger charge is 2.17. The Morgan fingerprint density at radius 3 is 2.64 bits per heavy atom. The lowest BCUT2D eigenvalue weighted by Gasteiger charge is -2.29. The summed E-state index contributed by atoms with van der Waals surface area (Å²) in [4.78, 5) is 18.2. The summed E-state index contributed by atoms with van der Waals surface area (Å²) in [5.74, 6) is 0.992. The zero-order valence-electron chi connectivity index (χ0n) is 13.6. The zero-order valence-corrected chi connectivity index (χ0v) is 13.6. The van der Waals surface area contributed by atoms with Gasteiger partial charge in [0, 0.05) is 25.5 Å². The summed E-state index contributed by atoms with van der Waals surface area (Å²) in [5.41, 5.74) is 3.21. The number of fused-ring (bicyclic) bond motifs is 1. The van der Waals surface area contributed by atoms with Crippen LogP contribution in [0.5, 0.6) is 0 Å². The van der Waals surface area contributed by atoms with Gasteiger partial charge < -0.3 is 10.2 Å². The average Bonchev–Trinajstić information content (AvgIpc) is 2.69. The molecule has 0 bridgehead atoms. The van der Waals surface area contributed by atoms with Crippen LogP contribution in [0.4, 0.5) is 11.6 Å². The minimum Gasteiger partial charge on any atom is -0.350 e. The van der Waals surface area contributed by atoms with Crippen LogP contribution < -0.4 is 10.2 Å². The van der Waals surface area contributed by atoms with E-state index in [1.807, 2.05) is 6.07 Å². The van der Waals surface area contributed by atoms with Crippen molar-refractivity contribution < 1.29 is 4.79 Å². The number of benzene rings is 1. The van der Waals surface area contributed by atoms with Crippen LogP contribution in [-0.2, 0) is 13.0 Å². The molecule has 1 N–H and O–H groups in total. The first-order valence-electron chi connectivity index (χ1n) is 8.16. The number of hydrogen-bond acceptors (Lipinski definition) is 5. The molecule has 0 fully saturated rings. The standard InChI is InChI=1S/C19H17N5O/c25-19(15-6-3-10-20-12-15)21-17-7-8-18(23-22-17)24-11-9-14-4-1-2-5-16(14)13-24/h1-8,10,12H,9,11,13H2,(H,21,22,25). The molecule has 0 spiro atoms. The number of aromatic nitrogens is 3. The third kappa shape index (κ3) is 3.33. The van der Waals surface area contributed by atoms with E-state index in [2.05, 4.69) is 49.7 Å². The number of amides is 1. The van der Waals surface area contributed by atoms with Crippen molar-refractivity contribution in [1.82, 2.24) is 15.2 Å². The lowest BCUT2D eigenvalue weighted by molar-refractivity contribution is 0.102. The minimum absolute atomic E-state index is 0.248. The molecule has 25 heavy (non-hydrogen) atoms. The second-order valence-electron chi connectivity index (χ2n) is 5.91. The third-order valence-corrected chi connectivity index (χ3v) is 4.27. The van der Waals surface area contributed by atoms with Crippen molar-refractivity contribution in [2.45, 2.75) is 13.0 Å². The monoisotopic (exact) mass is 331 g/mol. The smallest absolute Gasteiger partial charge is 0.258 e. The predicted molar refractivity (Wildman–Crippen MR) is 95.4 cm³/mol. The van der Waals surface area contributed by atoms with Gasteiger partial charge in [0.2, 0.25) is 0 Å². The Hall–Kier alpha value is -3.28. The van der Waals surface area contributed by atoms with Crippen molar-refractivity contribution in [3.05, 3.63) is 77.6 Å². The molecule has 2 aromatic heterocycles. The number of nitrogens with one attached hydrogen (secondary N) is 1. The van der Waals surface area contributed by atoms with Crippen LogP contribution >= 0.6 is 0 Å². The molecule has 6 heteroatoms. The van der Waals surface area contributed by atoms with Crippen molar-refractivity contribution in [2.75, 3.05) is 16.8 Å². The van der Waals surface area contributed by atoms with E-state index in [4.69, 9.17) is 0 Å². The first-order chi connectivity index (χ1) is 12.3.